The maximum Gasteiger partial charge on any atom is 0.230 e. The van der Waals surface area contributed by atoms with E-state index in [4.69, 9.17) is 4.42 Å². The van der Waals surface area contributed by atoms with Crippen molar-refractivity contribution in [1.82, 2.24) is 9.55 Å². The SMILES string of the molecule is Cc1ccc(C=Nc2nc3ccccc3n2C)o1. The summed E-state index contributed by atoms with van der Waals surface area (Å²) < 4.78 is 7.39. The second-order valence-electron chi connectivity index (χ2n) is 4.17. The Morgan fingerprint density at radius 2 is 2.06 bits per heavy atom. The summed E-state index contributed by atoms with van der Waals surface area (Å²) in [6.45, 7) is 1.91. The fourth-order valence-corrected chi connectivity index (χ4v) is 1.89. The Morgan fingerprint density at radius 3 is 2.78 bits per heavy atom. The van der Waals surface area contributed by atoms with Crippen molar-refractivity contribution in [3.8, 4) is 0 Å². The van der Waals surface area contributed by atoms with Gasteiger partial charge in [0.15, 0.2) is 0 Å². The molecule has 0 aliphatic carbocycles. The van der Waals surface area contributed by atoms with Crippen molar-refractivity contribution in [2.24, 2.45) is 12.0 Å². The van der Waals surface area contributed by atoms with Crippen LogP contribution in [0.25, 0.3) is 11.0 Å². The third-order valence-electron chi connectivity index (χ3n) is 2.83. The van der Waals surface area contributed by atoms with E-state index in [0.29, 0.717) is 5.95 Å². The quantitative estimate of drug-likeness (QED) is 0.644. The second kappa shape index (κ2) is 4.14. The van der Waals surface area contributed by atoms with Gasteiger partial charge in [-0.3, -0.25) is 0 Å². The summed E-state index contributed by atoms with van der Waals surface area (Å²) in [7, 11) is 1.95. The molecule has 0 radical (unpaired) electrons. The minimum Gasteiger partial charge on any atom is -0.460 e. The van der Waals surface area contributed by atoms with Gasteiger partial charge in [-0.25, -0.2) is 9.98 Å². The van der Waals surface area contributed by atoms with Gasteiger partial charge < -0.3 is 8.98 Å². The summed E-state index contributed by atoms with van der Waals surface area (Å²) in [4.78, 5) is 8.82. The van der Waals surface area contributed by atoms with Crippen molar-refractivity contribution in [2.75, 3.05) is 0 Å². The van der Waals surface area contributed by atoms with E-state index in [9.17, 15) is 0 Å². The number of aliphatic imine (C=N–C) groups is 1. The van der Waals surface area contributed by atoms with Crippen LogP contribution < -0.4 is 0 Å². The Kier molecular flexibility index (Phi) is 2.48. The fourth-order valence-electron chi connectivity index (χ4n) is 1.89. The van der Waals surface area contributed by atoms with Crippen LogP contribution >= 0.6 is 0 Å². The van der Waals surface area contributed by atoms with Crippen LogP contribution in [0.1, 0.15) is 11.5 Å². The number of hydrogen-bond acceptors (Lipinski definition) is 3. The number of rotatable bonds is 2. The number of hydrogen-bond donors (Lipinski definition) is 0. The van der Waals surface area contributed by atoms with Crippen LogP contribution in [0.4, 0.5) is 5.95 Å². The van der Waals surface area contributed by atoms with Gasteiger partial charge in [-0.1, -0.05) is 12.1 Å². The van der Waals surface area contributed by atoms with Crippen molar-refractivity contribution >= 4 is 23.2 Å². The predicted octanol–water partition coefficient (Wildman–Crippen LogP) is 3.23. The highest BCUT2D eigenvalue weighted by Crippen LogP contribution is 2.19. The van der Waals surface area contributed by atoms with Crippen LogP contribution in [0.15, 0.2) is 45.8 Å². The van der Waals surface area contributed by atoms with E-state index in [1.807, 2.05) is 54.9 Å². The van der Waals surface area contributed by atoms with Crippen LogP contribution in [0.2, 0.25) is 0 Å². The van der Waals surface area contributed by atoms with Crippen molar-refractivity contribution in [3.63, 3.8) is 0 Å². The van der Waals surface area contributed by atoms with Gasteiger partial charge in [-0.15, -0.1) is 0 Å². The Bertz CT molecular complexity index is 722. The molecule has 0 spiro atoms. The summed E-state index contributed by atoms with van der Waals surface area (Å²) in [6.07, 6.45) is 1.69. The smallest absolute Gasteiger partial charge is 0.230 e. The molecule has 3 rings (SSSR count). The molecular weight excluding hydrogens is 226 g/mol. The number of fused-ring (bicyclic) bond motifs is 1. The monoisotopic (exact) mass is 239 g/mol. The minimum atomic E-state index is 0.672. The molecule has 2 aromatic heterocycles. The lowest BCUT2D eigenvalue weighted by molar-refractivity contribution is 0.528. The molecule has 0 bridgehead atoms. The summed E-state index contributed by atoms with van der Waals surface area (Å²) in [5.74, 6) is 2.28. The Hall–Kier alpha value is -2.36. The van der Waals surface area contributed by atoms with Crippen LogP contribution in [0.5, 0.6) is 0 Å². The molecule has 0 atom stereocenters. The third kappa shape index (κ3) is 1.82. The van der Waals surface area contributed by atoms with Gasteiger partial charge in [0.05, 0.1) is 17.2 Å². The van der Waals surface area contributed by atoms with Gasteiger partial charge in [-0.2, -0.15) is 0 Å². The van der Waals surface area contributed by atoms with E-state index in [-0.39, 0.29) is 0 Å². The fraction of sp³-hybridized carbons (Fsp3) is 0.143. The van der Waals surface area contributed by atoms with Gasteiger partial charge in [-0.05, 0) is 31.2 Å². The molecule has 2 heterocycles. The summed E-state index contributed by atoms with van der Waals surface area (Å²) in [5, 5.41) is 0. The summed E-state index contributed by atoms with van der Waals surface area (Å²) in [5.41, 5.74) is 2.02. The topological polar surface area (TPSA) is 43.3 Å². The van der Waals surface area contributed by atoms with Gasteiger partial charge in [0.2, 0.25) is 5.95 Å². The maximum absolute atomic E-state index is 5.43. The van der Waals surface area contributed by atoms with Gasteiger partial charge in [0.1, 0.15) is 11.5 Å². The lowest BCUT2D eigenvalue weighted by Crippen LogP contribution is -1.86. The number of aromatic nitrogens is 2. The van der Waals surface area contributed by atoms with Gasteiger partial charge in [0, 0.05) is 7.05 Å². The maximum atomic E-state index is 5.43. The highest BCUT2D eigenvalue weighted by atomic mass is 16.3. The van der Waals surface area contributed by atoms with Crippen LogP contribution in [0, 0.1) is 6.92 Å². The molecule has 0 N–H and O–H groups in total. The lowest BCUT2D eigenvalue weighted by atomic mass is 10.3. The van der Waals surface area contributed by atoms with E-state index in [0.717, 1.165) is 22.6 Å². The van der Waals surface area contributed by atoms with Gasteiger partial charge in [0.25, 0.3) is 0 Å². The highest BCUT2D eigenvalue weighted by molar-refractivity contribution is 5.81. The summed E-state index contributed by atoms with van der Waals surface area (Å²) >= 11 is 0. The minimum absolute atomic E-state index is 0.672. The first-order valence-electron chi connectivity index (χ1n) is 5.76. The Morgan fingerprint density at radius 1 is 1.22 bits per heavy atom. The van der Waals surface area contributed by atoms with Crippen LogP contribution in [0.3, 0.4) is 0 Å². The van der Waals surface area contributed by atoms with E-state index in [1.165, 1.54) is 0 Å². The standard InChI is InChI=1S/C14H13N3O/c1-10-7-8-11(18-10)9-15-14-16-12-5-3-4-6-13(12)17(14)2/h3-9H,1-2H3. The summed E-state index contributed by atoms with van der Waals surface area (Å²) in [6, 6.07) is 11.8. The number of para-hydroxylation sites is 2. The largest absolute Gasteiger partial charge is 0.460 e. The van der Waals surface area contributed by atoms with E-state index < -0.39 is 0 Å². The normalized spacial score (nSPS) is 11.7. The zero-order valence-corrected chi connectivity index (χ0v) is 10.3. The van der Waals surface area contributed by atoms with Crippen molar-refractivity contribution < 1.29 is 4.42 Å². The molecular formula is C14H13N3O. The van der Waals surface area contributed by atoms with Crippen molar-refractivity contribution in [1.29, 1.82) is 0 Å². The average molecular weight is 239 g/mol. The number of nitrogens with zero attached hydrogens (tertiary/aromatic N) is 3. The number of imidazole rings is 1. The number of furan rings is 1. The molecule has 0 unspecified atom stereocenters. The van der Waals surface area contributed by atoms with Crippen LogP contribution in [-0.2, 0) is 7.05 Å². The van der Waals surface area contributed by atoms with E-state index in [2.05, 4.69) is 9.98 Å². The first-order chi connectivity index (χ1) is 8.74. The molecule has 1 aromatic carbocycles. The van der Waals surface area contributed by atoms with Gasteiger partial charge >= 0.3 is 0 Å². The molecule has 90 valence electrons. The molecule has 4 nitrogen and oxygen atoms in total. The molecule has 3 aromatic rings. The van der Waals surface area contributed by atoms with E-state index in [1.54, 1.807) is 6.21 Å². The molecule has 0 amide bonds. The lowest BCUT2D eigenvalue weighted by Gasteiger charge is -1.95. The third-order valence-corrected chi connectivity index (χ3v) is 2.83. The molecule has 18 heavy (non-hydrogen) atoms. The zero-order valence-electron chi connectivity index (χ0n) is 10.3. The first kappa shape index (κ1) is 10.8. The van der Waals surface area contributed by atoms with Crippen LogP contribution in [-0.4, -0.2) is 15.8 Å². The second-order valence-corrected chi connectivity index (χ2v) is 4.17. The molecule has 0 saturated heterocycles. The first-order valence-corrected chi connectivity index (χ1v) is 5.76. The molecule has 0 saturated carbocycles. The molecule has 0 aliphatic rings. The van der Waals surface area contributed by atoms with Crippen molar-refractivity contribution in [3.05, 3.63) is 47.9 Å². The average Bonchev–Trinajstić information content (AvgIpc) is 2.92. The number of benzene rings is 1. The Labute approximate surface area is 105 Å². The number of aryl methyl sites for hydroxylation is 2. The zero-order chi connectivity index (χ0) is 12.5. The molecule has 0 fully saturated rings. The van der Waals surface area contributed by atoms with E-state index >= 15 is 0 Å². The molecule has 0 aliphatic heterocycles. The molecule has 4 heteroatoms. The Balaban J connectivity index is 2.00. The van der Waals surface area contributed by atoms with Crippen molar-refractivity contribution in [2.45, 2.75) is 6.92 Å². The highest BCUT2D eigenvalue weighted by Gasteiger charge is 2.05. The predicted molar refractivity (Wildman–Crippen MR) is 71.4 cm³/mol.